The van der Waals surface area contributed by atoms with Crippen LogP contribution in [0.4, 0.5) is 5.82 Å². The number of rotatable bonds is 7. The van der Waals surface area contributed by atoms with Gasteiger partial charge in [-0.3, -0.25) is 9.59 Å². The third-order valence-corrected chi connectivity index (χ3v) is 5.19. The molecule has 154 valence electrons. The van der Waals surface area contributed by atoms with Gasteiger partial charge in [0.25, 0.3) is 11.8 Å². The molecule has 6 heteroatoms. The van der Waals surface area contributed by atoms with Crippen molar-refractivity contribution in [1.29, 1.82) is 0 Å². The minimum Gasteiger partial charge on any atom is -0.353 e. The second kappa shape index (κ2) is 10.0. The van der Waals surface area contributed by atoms with Gasteiger partial charge in [0.15, 0.2) is 0 Å². The lowest BCUT2D eigenvalue weighted by atomic mass is 10.1. The Bertz CT molecular complexity index is 793. The molecule has 0 aliphatic carbocycles. The third kappa shape index (κ3) is 5.13. The van der Waals surface area contributed by atoms with Crippen molar-refractivity contribution >= 4 is 17.6 Å². The second-order valence-corrected chi connectivity index (χ2v) is 7.34. The Kier molecular flexibility index (Phi) is 7.22. The molecule has 0 unspecified atom stereocenters. The predicted octanol–water partition coefficient (Wildman–Crippen LogP) is 3.31. The normalized spacial score (nSPS) is 14.0. The average molecular weight is 395 g/mol. The van der Waals surface area contributed by atoms with Crippen molar-refractivity contribution in [2.24, 2.45) is 0 Å². The molecule has 0 spiro atoms. The molecule has 3 rings (SSSR count). The summed E-state index contributed by atoms with van der Waals surface area (Å²) in [4.78, 5) is 35.9. The van der Waals surface area contributed by atoms with Crippen LogP contribution < -0.4 is 4.90 Å². The van der Waals surface area contributed by atoms with E-state index in [1.807, 2.05) is 28.0 Å². The van der Waals surface area contributed by atoms with Crippen LogP contribution in [-0.4, -0.2) is 65.9 Å². The number of piperazine rings is 1. The first-order valence-corrected chi connectivity index (χ1v) is 10.5. The Morgan fingerprint density at radius 2 is 1.52 bits per heavy atom. The molecule has 29 heavy (non-hydrogen) atoms. The van der Waals surface area contributed by atoms with Crippen LogP contribution in [0.15, 0.2) is 48.7 Å². The minimum absolute atomic E-state index is 0.0173. The highest BCUT2D eigenvalue weighted by Gasteiger charge is 2.23. The van der Waals surface area contributed by atoms with E-state index in [0.717, 1.165) is 44.8 Å². The van der Waals surface area contributed by atoms with Crippen molar-refractivity contribution in [3.63, 3.8) is 0 Å². The van der Waals surface area contributed by atoms with Crippen molar-refractivity contribution < 1.29 is 9.59 Å². The van der Waals surface area contributed by atoms with E-state index in [1.54, 1.807) is 30.5 Å². The zero-order valence-electron chi connectivity index (χ0n) is 17.4. The van der Waals surface area contributed by atoms with Gasteiger partial charge in [-0.2, -0.15) is 0 Å². The van der Waals surface area contributed by atoms with Crippen LogP contribution in [-0.2, 0) is 0 Å². The highest BCUT2D eigenvalue weighted by molar-refractivity contribution is 5.98. The van der Waals surface area contributed by atoms with Crippen molar-refractivity contribution in [3.8, 4) is 0 Å². The number of nitrogens with zero attached hydrogens (tertiary/aromatic N) is 4. The van der Waals surface area contributed by atoms with E-state index >= 15 is 0 Å². The molecule has 1 aliphatic heterocycles. The van der Waals surface area contributed by atoms with Crippen LogP contribution in [0.5, 0.6) is 0 Å². The zero-order chi connectivity index (χ0) is 20.6. The van der Waals surface area contributed by atoms with Gasteiger partial charge in [0, 0.05) is 56.6 Å². The van der Waals surface area contributed by atoms with Crippen LogP contribution in [0.2, 0.25) is 0 Å². The Balaban J connectivity index is 1.60. The molecular weight excluding hydrogens is 364 g/mol. The van der Waals surface area contributed by atoms with Crippen molar-refractivity contribution in [2.75, 3.05) is 44.2 Å². The van der Waals surface area contributed by atoms with E-state index in [4.69, 9.17) is 0 Å². The van der Waals surface area contributed by atoms with E-state index in [9.17, 15) is 9.59 Å². The predicted molar refractivity (Wildman–Crippen MR) is 115 cm³/mol. The molecule has 1 aromatic carbocycles. The number of aromatic nitrogens is 1. The Hall–Kier alpha value is -2.89. The maximum absolute atomic E-state index is 12.9. The molecule has 6 nitrogen and oxygen atoms in total. The van der Waals surface area contributed by atoms with Crippen LogP contribution in [0, 0.1) is 0 Å². The molecule has 0 radical (unpaired) electrons. The molecule has 0 bridgehead atoms. The van der Waals surface area contributed by atoms with Gasteiger partial charge in [0.1, 0.15) is 5.82 Å². The van der Waals surface area contributed by atoms with E-state index in [0.29, 0.717) is 24.2 Å². The first kappa shape index (κ1) is 20.8. The number of carbonyl (C=O) groups excluding carboxylic acids is 2. The van der Waals surface area contributed by atoms with Crippen molar-refractivity contribution in [2.45, 2.75) is 26.7 Å². The van der Waals surface area contributed by atoms with Gasteiger partial charge in [-0.1, -0.05) is 19.9 Å². The van der Waals surface area contributed by atoms with Crippen molar-refractivity contribution in [3.05, 3.63) is 59.8 Å². The number of anilines is 1. The lowest BCUT2D eigenvalue weighted by molar-refractivity contribution is 0.0738. The monoisotopic (exact) mass is 394 g/mol. The average Bonchev–Trinajstić information content (AvgIpc) is 2.79. The number of pyridine rings is 1. The Morgan fingerprint density at radius 3 is 2.07 bits per heavy atom. The molecule has 1 fully saturated rings. The van der Waals surface area contributed by atoms with Gasteiger partial charge < -0.3 is 14.7 Å². The number of benzene rings is 1. The van der Waals surface area contributed by atoms with Gasteiger partial charge >= 0.3 is 0 Å². The zero-order valence-corrected chi connectivity index (χ0v) is 17.4. The minimum atomic E-state index is 0.0173. The van der Waals surface area contributed by atoms with E-state index in [-0.39, 0.29) is 11.8 Å². The molecule has 0 N–H and O–H groups in total. The van der Waals surface area contributed by atoms with Crippen LogP contribution in [0.1, 0.15) is 47.4 Å². The molecule has 2 heterocycles. The molecule has 0 saturated carbocycles. The van der Waals surface area contributed by atoms with E-state index in [2.05, 4.69) is 23.7 Å². The summed E-state index contributed by atoms with van der Waals surface area (Å²) >= 11 is 0. The first-order valence-electron chi connectivity index (χ1n) is 10.5. The van der Waals surface area contributed by atoms with Gasteiger partial charge in [-0.05, 0) is 49.2 Å². The fourth-order valence-electron chi connectivity index (χ4n) is 3.65. The lowest BCUT2D eigenvalue weighted by Gasteiger charge is -2.35. The summed E-state index contributed by atoms with van der Waals surface area (Å²) in [6, 6.07) is 13.0. The molecule has 1 aliphatic rings. The fourth-order valence-corrected chi connectivity index (χ4v) is 3.65. The summed E-state index contributed by atoms with van der Waals surface area (Å²) in [5, 5.41) is 0. The maximum atomic E-state index is 12.9. The number of hydrogen-bond acceptors (Lipinski definition) is 4. The second-order valence-electron chi connectivity index (χ2n) is 7.34. The number of carbonyl (C=O) groups is 2. The third-order valence-electron chi connectivity index (χ3n) is 5.19. The van der Waals surface area contributed by atoms with E-state index < -0.39 is 0 Å². The molecular formula is C23H30N4O2. The standard InChI is InChI=1S/C23H30N4O2/c1-3-13-26(14-4-2)22(28)19-8-10-20(11-9-19)23(29)27-17-15-25(16-18-27)21-7-5-6-12-24-21/h5-12H,3-4,13-18H2,1-2H3. The summed E-state index contributed by atoms with van der Waals surface area (Å²) in [6.45, 7) is 8.52. The topological polar surface area (TPSA) is 56.8 Å². The molecule has 1 saturated heterocycles. The Morgan fingerprint density at radius 1 is 0.897 bits per heavy atom. The summed E-state index contributed by atoms with van der Waals surface area (Å²) in [7, 11) is 0. The summed E-state index contributed by atoms with van der Waals surface area (Å²) in [5.41, 5.74) is 1.27. The summed E-state index contributed by atoms with van der Waals surface area (Å²) in [5.74, 6) is 1.01. The van der Waals surface area contributed by atoms with Gasteiger partial charge in [-0.25, -0.2) is 4.98 Å². The Labute approximate surface area is 173 Å². The summed E-state index contributed by atoms with van der Waals surface area (Å²) < 4.78 is 0. The molecule has 0 atom stereocenters. The molecule has 1 aromatic heterocycles. The smallest absolute Gasteiger partial charge is 0.253 e. The maximum Gasteiger partial charge on any atom is 0.253 e. The quantitative estimate of drug-likeness (QED) is 0.723. The van der Waals surface area contributed by atoms with Gasteiger partial charge in [0.05, 0.1) is 0 Å². The van der Waals surface area contributed by atoms with E-state index in [1.165, 1.54) is 0 Å². The number of amides is 2. The van der Waals surface area contributed by atoms with Gasteiger partial charge in [-0.15, -0.1) is 0 Å². The first-order chi connectivity index (χ1) is 14.1. The highest BCUT2D eigenvalue weighted by Crippen LogP contribution is 2.16. The molecule has 2 aromatic rings. The van der Waals surface area contributed by atoms with Crippen molar-refractivity contribution in [1.82, 2.24) is 14.8 Å². The largest absolute Gasteiger partial charge is 0.353 e. The van der Waals surface area contributed by atoms with Crippen LogP contribution in [0.3, 0.4) is 0 Å². The highest BCUT2D eigenvalue weighted by atomic mass is 16.2. The van der Waals surface area contributed by atoms with Gasteiger partial charge in [0.2, 0.25) is 0 Å². The van der Waals surface area contributed by atoms with Crippen LogP contribution >= 0.6 is 0 Å². The fraction of sp³-hybridized carbons (Fsp3) is 0.435. The summed E-state index contributed by atoms with van der Waals surface area (Å²) in [6.07, 6.45) is 3.66. The number of hydrogen-bond donors (Lipinski definition) is 0. The SMILES string of the molecule is CCCN(CCC)C(=O)c1ccc(C(=O)N2CCN(c3ccccn3)CC2)cc1. The lowest BCUT2D eigenvalue weighted by Crippen LogP contribution is -2.49. The molecule has 2 amide bonds. The van der Waals surface area contributed by atoms with Crippen LogP contribution in [0.25, 0.3) is 0 Å².